The van der Waals surface area contributed by atoms with Gasteiger partial charge in [0.15, 0.2) is 0 Å². The molecule has 41 heavy (non-hydrogen) atoms. The molecule has 0 saturated heterocycles. The van der Waals surface area contributed by atoms with Gasteiger partial charge in [-0.15, -0.1) is 0 Å². The fraction of sp³-hybridized carbons (Fsp3) is 0.757. The van der Waals surface area contributed by atoms with Crippen LogP contribution in [0.4, 0.5) is 4.39 Å². The Morgan fingerprint density at radius 2 is 1.61 bits per heavy atom. The van der Waals surface area contributed by atoms with Gasteiger partial charge in [-0.1, -0.05) is 46.8 Å². The Morgan fingerprint density at radius 1 is 0.902 bits per heavy atom. The number of hydrogen-bond acceptors (Lipinski definition) is 3. The lowest BCUT2D eigenvalue weighted by Gasteiger charge is -2.73. The van der Waals surface area contributed by atoms with Crippen molar-refractivity contribution < 1.29 is 19.0 Å². The molecule has 0 radical (unpaired) electrons. The van der Waals surface area contributed by atoms with Gasteiger partial charge in [0, 0.05) is 5.41 Å². The van der Waals surface area contributed by atoms with Crippen LogP contribution in [0.1, 0.15) is 116 Å². The number of ether oxygens (including phenoxy) is 1. The Kier molecular flexibility index (Phi) is 6.93. The predicted molar refractivity (Wildman–Crippen MR) is 162 cm³/mol. The summed E-state index contributed by atoms with van der Waals surface area (Å²) >= 11 is 0. The second-order valence-corrected chi connectivity index (χ2v) is 16.5. The zero-order chi connectivity index (χ0) is 29.6. The third kappa shape index (κ3) is 4.08. The number of carbonyl (C=O) groups is 1. The summed E-state index contributed by atoms with van der Waals surface area (Å²) in [5.74, 6) is 2.11. The molecule has 10 atom stereocenters. The molecule has 0 spiro atoms. The molecule has 1 aromatic carbocycles. The van der Waals surface area contributed by atoms with Gasteiger partial charge in [-0.3, -0.25) is 0 Å². The number of aliphatic hydroxyl groups excluding tert-OH is 1. The van der Waals surface area contributed by atoms with Crippen molar-refractivity contribution in [3.8, 4) is 0 Å². The van der Waals surface area contributed by atoms with Crippen molar-refractivity contribution in [2.75, 3.05) is 6.61 Å². The molecule has 0 aliphatic heterocycles. The van der Waals surface area contributed by atoms with Crippen molar-refractivity contribution in [1.82, 2.24) is 0 Å². The normalized spacial score (nSPS) is 46.4. The van der Waals surface area contributed by atoms with Crippen LogP contribution in [0.25, 0.3) is 0 Å². The first-order valence-electron chi connectivity index (χ1n) is 16.5. The second kappa shape index (κ2) is 9.66. The largest absolute Gasteiger partial charge is 0.461 e. The van der Waals surface area contributed by atoms with Crippen molar-refractivity contribution in [1.29, 1.82) is 0 Å². The maximum absolute atomic E-state index is 13.5. The Morgan fingerprint density at radius 3 is 2.29 bits per heavy atom. The third-order valence-corrected chi connectivity index (χ3v) is 14.8. The SMILES string of the molecule is C=C(C)[C@@H]1CC[C@]2(COC(=O)c3ccc(F)cc3)CC[C@]3(C)[C@H](CC[C@@H]4[C@@]5(C)CC[C@H](O)C(C)(C)[C@@H]5CC[C@]43C)[C@@H]12. The third-order valence-electron chi connectivity index (χ3n) is 14.8. The Hall–Kier alpha value is -1.68. The van der Waals surface area contributed by atoms with Gasteiger partial charge in [0.2, 0.25) is 0 Å². The fourth-order valence-corrected chi connectivity index (χ4v) is 12.4. The summed E-state index contributed by atoms with van der Waals surface area (Å²) in [7, 11) is 0. The summed E-state index contributed by atoms with van der Waals surface area (Å²) < 4.78 is 19.6. The minimum absolute atomic E-state index is 0.00920. The average molecular weight is 565 g/mol. The highest BCUT2D eigenvalue weighted by Crippen LogP contribution is 2.77. The lowest BCUT2D eigenvalue weighted by molar-refractivity contribution is -0.249. The number of allylic oxidation sites excluding steroid dienone is 1. The molecule has 0 unspecified atom stereocenters. The topological polar surface area (TPSA) is 46.5 Å². The minimum atomic E-state index is -0.341. The first-order valence-corrected chi connectivity index (χ1v) is 16.5. The van der Waals surface area contributed by atoms with Crippen molar-refractivity contribution >= 4 is 5.97 Å². The summed E-state index contributed by atoms with van der Waals surface area (Å²) in [5.41, 5.74) is 2.44. The Bertz CT molecular complexity index is 1210. The van der Waals surface area contributed by atoms with E-state index in [1.165, 1.54) is 61.9 Å². The summed E-state index contributed by atoms with van der Waals surface area (Å²) in [6, 6.07) is 5.72. The van der Waals surface area contributed by atoms with Gasteiger partial charge in [-0.05, 0) is 147 Å². The molecular formula is C37H53FO3. The second-order valence-electron chi connectivity index (χ2n) is 16.5. The van der Waals surface area contributed by atoms with Gasteiger partial charge in [0.05, 0.1) is 18.3 Å². The molecular weight excluding hydrogens is 511 g/mol. The van der Waals surface area contributed by atoms with Crippen LogP contribution in [-0.2, 0) is 4.74 Å². The highest BCUT2D eigenvalue weighted by atomic mass is 19.1. The lowest BCUT2D eigenvalue weighted by atomic mass is 9.32. The van der Waals surface area contributed by atoms with E-state index < -0.39 is 0 Å². The van der Waals surface area contributed by atoms with Crippen molar-refractivity contribution in [2.24, 2.45) is 56.7 Å². The number of hydrogen-bond donors (Lipinski definition) is 1. The molecule has 4 heteroatoms. The molecule has 1 N–H and O–H groups in total. The molecule has 226 valence electrons. The van der Waals surface area contributed by atoms with E-state index in [1.807, 2.05) is 0 Å². The fourth-order valence-electron chi connectivity index (χ4n) is 12.4. The maximum Gasteiger partial charge on any atom is 0.338 e. The molecule has 5 fully saturated rings. The monoisotopic (exact) mass is 564 g/mol. The summed E-state index contributed by atoms with van der Waals surface area (Å²) in [5, 5.41) is 11.0. The number of fused-ring (bicyclic) bond motifs is 7. The minimum Gasteiger partial charge on any atom is -0.461 e. The van der Waals surface area contributed by atoms with Crippen LogP contribution in [0.2, 0.25) is 0 Å². The summed E-state index contributed by atoms with van der Waals surface area (Å²) in [6.07, 6.45) is 11.3. The van der Waals surface area contributed by atoms with Gasteiger partial charge >= 0.3 is 5.97 Å². The maximum atomic E-state index is 13.5. The zero-order valence-corrected chi connectivity index (χ0v) is 26.4. The van der Waals surface area contributed by atoms with Gasteiger partial charge < -0.3 is 9.84 Å². The number of esters is 1. The number of halogens is 1. The van der Waals surface area contributed by atoms with E-state index in [9.17, 15) is 14.3 Å². The number of benzene rings is 1. The van der Waals surface area contributed by atoms with Gasteiger partial charge in [-0.25, -0.2) is 9.18 Å². The van der Waals surface area contributed by atoms with Crippen LogP contribution in [0, 0.1) is 62.5 Å². The van der Waals surface area contributed by atoms with Crippen LogP contribution in [0.3, 0.4) is 0 Å². The standard InChI is InChI=1S/C37H53FO3/c1-23(2)26-14-19-37(22-41-32(40)24-8-10-25(38)11-9-24)21-20-35(6)27(31(26)37)12-13-29-34(5)17-16-30(39)33(3,4)28(34)15-18-36(29,35)7/h8-11,26-31,39H,1,12-22H2,2-7H3/t26-,27+,28-,29+,30-,31+,34-,35+,36+,37+/m0/s1. The van der Waals surface area contributed by atoms with E-state index in [0.717, 1.165) is 32.1 Å². The molecule has 5 saturated carbocycles. The average Bonchev–Trinajstić information content (AvgIpc) is 3.31. The van der Waals surface area contributed by atoms with E-state index >= 15 is 0 Å². The molecule has 5 aliphatic rings. The number of carbonyl (C=O) groups excluding carboxylic acids is 1. The zero-order valence-electron chi connectivity index (χ0n) is 26.4. The van der Waals surface area contributed by atoms with E-state index in [2.05, 4.69) is 48.1 Å². The van der Waals surface area contributed by atoms with Crippen LogP contribution in [-0.4, -0.2) is 23.8 Å². The summed E-state index contributed by atoms with van der Waals surface area (Å²) in [4.78, 5) is 13.0. The molecule has 6 rings (SSSR count). The van der Waals surface area contributed by atoms with Crippen LogP contribution >= 0.6 is 0 Å². The Labute approximate surface area is 247 Å². The lowest BCUT2D eigenvalue weighted by Crippen LogP contribution is -2.66. The van der Waals surface area contributed by atoms with Crippen molar-refractivity contribution in [3.05, 3.63) is 47.8 Å². The molecule has 3 nitrogen and oxygen atoms in total. The quantitative estimate of drug-likeness (QED) is 0.293. The smallest absolute Gasteiger partial charge is 0.338 e. The van der Waals surface area contributed by atoms with Gasteiger partial charge in [0.1, 0.15) is 5.82 Å². The highest BCUT2D eigenvalue weighted by Gasteiger charge is 2.71. The van der Waals surface area contributed by atoms with E-state index in [4.69, 9.17) is 4.74 Å². The number of rotatable bonds is 4. The predicted octanol–water partition coefficient (Wildman–Crippen LogP) is 9.00. The first-order chi connectivity index (χ1) is 19.2. The molecule has 0 aromatic heterocycles. The van der Waals surface area contributed by atoms with Crippen LogP contribution < -0.4 is 0 Å². The van der Waals surface area contributed by atoms with Crippen molar-refractivity contribution in [2.45, 2.75) is 112 Å². The Balaban J connectivity index is 1.31. The highest BCUT2D eigenvalue weighted by molar-refractivity contribution is 5.89. The molecule has 0 bridgehead atoms. The molecule has 0 amide bonds. The molecule has 5 aliphatic carbocycles. The van der Waals surface area contributed by atoms with Crippen LogP contribution in [0.5, 0.6) is 0 Å². The van der Waals surface area contributed by atoms with E-state index in [0.29, 0.717) is 41.8 Å². The van der Waals surface area contributed by atoms with Crippen molar-refractivity contribution in [3.63, 3.8) is 0 Å². The van der Waals surface area contributed by atoms with Gasteiger partial charge in [-0.2, -0.15) is 0 Å². The molecule has 1 aromatic rings. The van der Waals surface area contributed by atoms with E-state index in [-0.39, 0.29) is 45.0 Å². The number of aliphatic hydroxyl groups is 1. The first kappa shape index (κ1) is 29.4. The summed E-state index contributed by atoms with van der Waals surface area (Å²) in [6.45, 7) is 19.7. The van der Waals surface area contributed by atoms with E-state index in [1.54, 1.807) is 0 Å². The molecule has 0 heterocycles. The van der Waals surface area contributed by atoms with Gasteiger partial charge in [0.25, 0.3) is 0 Å². The van der Waals surface area contributed by atoms with Crippen LogP contribution in [0.15, 0.2) is 36.4 Å².